The summed E-state index contributed by atoms with van der Waals surface area (Å²) in [7, 11) is -22.0. The molecule has 0 aliphatic carbocycles. The maximum atomic E-state index is 12.8. The van der Waals surface area contributed by atoms with Gasteiger partial charge in [-0.25, -0.2) is 43.6 Å². The van der Waals surface area contributed by atoms with Crippen molar-refractivity contribution in [3.8, 4) is 11.1 Å². The van der Waals surface area contributed by atoms with Crippen LogP contribution in [0, 0.1) is 0 Å². The molecule has 6 rings (SSSR count). The minimum Gasteiger partial charge on any atom is -0.744 e. The van der Waals surface area contributed by atoms with Crippen molar-refractivity contribution in [3.05, 3.63) is 71.3 Å². The molecule has 24 heteroatoms. The van der Waals surface area contributed by atoms with Gasteiger partial charge in [0.25, 0.3) is 0 Å². The Morgan fingerprint density at radius 3 is 1.30 bits per heavy atom. The molecule has 16 nitrogen and oxygen atoms in total. The van der Waals surface area contributed by atoms with Crippen molar-refractivity contribution in [1.29, 1.82) is 0 Å². The zero-order chi connectivity index (χ0) is 33.4. The summed E-state index contributed by atoms with van der Waals surface area (Å²) in [5.41, 5.74) is -4.91. The number of benzene rings is 1. The van der Waals surface area contributed by atoms with Crippen LogP contribution in [0.3, 0.4) is 0 Å². The molecule has 8 bridgehead atoms. The third-order valence-corrected chi connectivity index (χ3v) is 10.5. The van der Waals surface area contributed by atoms with Crippen molar-refractivity contribution in [2.45, 2.75) is 19.6 Å². The van der Waals surface area contributed by atoms with E-state index in [1.54, 1.807) is 6.07 Å². The van der Waals surface area contributed by atoms with E-state index in [1.807, 2.05) is 0 Å². The Balaban J connectivity index is 0.00000217. The van der Waals surface area contributed by atoms with Crippen molar-refractivity contribution in [2.24, 2.45) is 0 Å². The van der Waals surface area contributed by atoms with Crippen LogP contribution in [0.1, 0.15) is 22.8 Å². The van der Waals surface area contributed by atoms with Gasteiger partial charge in [0.05, 0.1) is 44.8 Å². The molecule has 2 aliphatic heterocycles. The molecule has 2 N–H and O–H groups in total. The fraction of sp³-hybridized carbons (Fsp3) is 0. The summed E-state index contributed by atoms with van der Waals surface area (Å²) >= 11 is 0. The Hall–Kier alpha value is -0.540. The second-order valence-electron chi connectivity index (χ2n) is 9.69. The average Bonchev–Trinajstić information content (AvgIpc) is 3.72. The molecule has 0 fully saturated rings. The van der Waals surface area contributed by atoms with Gasteiger partial charge in [0, 0.05) is 5.56 Å². The number of nitrogens with zero attached hydrogens (tertiary/aromatic N) is 2. The number of H-pyrrole nitrogens is 2. The Bertz CT molecular complexity index is 2700. The monoisotopic (exact) mass is 794 g/mol. The Morgan fingerprint density at radius 2 is 0.860 bits per heavy atom. The number of aromatic amines is 2. The molecule has 0 saturated carbocycles. The van der Waals surface area contributed by atoms with E-state index in [2.05, 4.69) is 19.9 Å². The number of rotatable bonds is 5. The van der Waals surface area contributed by atoms with Gasteiger partial charge in [-0.3, -0.25) is 0 Å². The fourth-order valence-electron chi connectivity index (χ4n) is 5.08. The number of aromatic nitrogens is 4. The number of nitrogens with one attached hydrogen (secondary N) is 2. The molecular weight excluding hydrogens is 781 g/mol. The summed E-state index contributed by atoms with van der Waals surface area (Å²) < 4.78 is 151. The smallest absolute Gasteiger partial charge is 0.744 e. The van der Waals surface area contributed by atoms with E-state index in [0.717, 1.165) is 42.5 Å². The average molecular weight is 795 g/mol. The number of hydrogen-bond donors (Lipinski definition) is 2. The van der Waals surface area contributed by atoms with Gasteiger partial charge in [0.15, 0.2) is 0 Å². The maximum Gasteiger partial charge on any atom is 1.00 e. The largest absolute Gasteiger partial charge is 1.00 e. The van der Waals surface area contributed by atoms with Gasteiger partial charge in [-0.2, -0.15) is 0 Å². The third kappa shape index (κ3) is 9.04. The second kappa shape index (κ2) is 16.4. The van der Waals surface area contributed by atoms with Crippen LogP contribution in [-0.4, -0.2) is 71.8 Å². The predicted octanol–water partition coefficient (Wildman–Crippen LogP) is -10.0. The van der Waals surface area contributed by atoms with E-state index in [9.17, 15) is 51.9 Å². The van der Waals surface area contributed by atoms with Crippen LogP contribution >= 0.6 is 0 Å². The van der Waals surface area contributed by atoms with Crippen LogP contribution in [0.2, 0.25) is 0 Å². The molecule has 2 aliphatic rings. The van der Waals surface area contributed by atoms with Gasteiger partial charge in [-0.05, 0) is 48.1 Å². The molecule has 0 saturated heterocycles. The first-order valence-electron chi connectivity index (χ1n) is 12.4. The maximum absolute atomic E-state index is 12.8. The molecule has 0 radical (unpaired) electrons. The molecule has 0 amide bonds. The minimum absolute atomic E-state index is 0. The van der Waals surface area contributed by atoms with Crippen molar-refractivity contribution >= 4 is 86.8 Å². The number of fused-ring (bicyclic) bond motifs is 8. The second-order valence-corrected chi connectivity index (χ2v) is 15.0. The first-order valence-corrected chi connectivity index (χ1v) is 18.1. The van der Waals surface area contributed by atoms with E-state index in [1.165, 1.54) is 24.3 Å². The fourth-order valence-corrected chi connectivity index (χ4v) is 8.12. The SMILES string of the molecule is O=S(=O)([O-])c1c2nc(c(S(=O)(=O)[O-])c3ccc([nH]3)c(S(=O)(=O)[O-])c3cc(-c4ccccc4)c([nH]3)c(S(=O)(=O)[O-])c3nc1C=C3)C=C2.[Na+].[Na+].[Na+].[Na+]. The quantitative estimate of drug-likeness (QED) is 0.121. The summed E-state index contributed by atoms with van der Waals surface area (Å²) in [5, 5.41) is 0. The van der Waals surface area contributed by atoms with E-state index < -0.39 is 105 Å². The molecular formula is C26H14N4Na4O12S4. The van der Waals surface area contributed by atoms with E-state index in [0.29, 0.717) is 0 Å². The van der Waals surface area contributed by atoms with Crippen LogP contribution < -0.4 is 118 Å². The van der Waals surface area contributed by atoms with E-state index in [4.69, 9.17) is 0 Å². The normalized spacial score (nSPS) is 12.6. The summed E-state index contributed by atoms with van der Waals surface area (Å²) in [6.07, 6.45) is 3.54. The topological polar surface area (TPSA) is 286 Å². The van der Waals surface area contributed by atoms with Crippen molar-refractivity contribution < 1.29 is 170 Å². The summed E-state index contributed by atoms with van der Waals surface area (Å²) in [4.78, 5) is 8.20. The van der Waals surface area contributed by atoms with Gasteiger partial charge in [0.1, 0.15) is 60.1 Å². The van der Waals surface area contributed by atoms with Gasteiger partial charge in [-0.1, -0.05) is 30.3 Å². The Morgan fingerprint density at radius 1 is 0.460 bits per heavy atom. The Labute approximate surface area is 373 Å². The van der Waals surface area contributed by atoms with E-state index >= 15 is 0 Å². The van der Waals surface area contributed by atoms with Crippen LogP contribution in [0.4, 0.5) is 0 Å². The molecule has 50 heavy (non-hydrogen) atoms. The molecule has 4 aromatic rings. The zero-order valence-electron chi connectivity index (χ0n) is 26.4. The van der Waals surface area contributed by atoms with Crippen LogP contribution in [0.15, 0.2) is 68.1 Å². The van der Waals surface area contributed by atoms with Gasteiger partial charge in [0.2, 0.25) is 0 Å². The predicted molar refractivity (Wildman–Crippen MR) is 156 cm³/mol. The molecule has 1 aromatic carbocycles. The third-order valence-electron chi connectivity index (χ3n) is 6.76. The number of hydrogen-bond acceptors (Lipinski definition) is 14. The van der Waals surface area contributed by atoms with Crippen molar-refractivity contribution in [2.75, 3.05) is 0 Å². The van der Waals surface area contributed by atoms with Crippen LogP contribution in [0.25, 0.3) is 57.5 Å². The Kier molecular flexibility index (Phi) is 15.0. The molecule has 238 valence electrons. The first-order chi connectivity index (χ1) is 21.3. The summed E-state index contributed by atoms with van der Waals surface area (Å²) in [6, 6.07) is 10.5. The molecule has 0 spiro atoms. The van der Waals surface area contributed by atoms with Crippen molar-refractivity contribution in [1.82, 2.24) is 19.9 Å². The van der Waals surface area contributed by atoms with Crippen LogP contribution in [0.5, 0.6) is 0 Å². The molecule has 0 unspecified atom stereocenters. The van der Waals surface area contributed by atoms with Crippen LogP contribution in [-0.2, 0) is 40.5 Å². The minimum atomic E-state index is -5.55. The molecule has 3 aromatic heterocycles. The molecule has 0 atom stereocenters. The first kappa shape index (κ1) is 45.6. The van der Waals surface area contributed by atoms with Gasteiger partial charge in [-0.15, -0.1) is 0 Å². The van der Waals surface area contributed by atoms with E-state index in [-0.39, 0.29) is 129 Å². The summed E-state index contributed by atoms with van der Waals surface area (Å²) in [5.74, 6) is 0. The standard InChI is InChI=1S/C26H18N4O12S4.4Na/c31-43(32,33)23-15-6-7-16(27-15)24(44(34,35)36)18-10-11-20(29-18)26(46(40,41)42)22-14(13-4-2-1-3-5-13)12-21(30-22)25(45(37,38)39)19-9-8-17(23)28-19;;;;/h1-12,28,30H,(H,31,32,33)(H,34,35,36)(H,37,38,39)(H,40,41,42);;;;/q;4*+1/p-4. The van der Waals surface area contributed by atoms with Gasteiger partial charge >= 0.3 is 118 Å². The van der Waals surface area contributed by atoms with Gasteiger partial charge < -0.3 is 28.2 Å². The molecule has 5 heterocycles. The summed E-state index contributed by atoms with van der Waals surface area (Å²) in [6.45, 7) is 0. The van der Waals surface area contributed by atoms with Crippen molar-refractivity contribution in [3.63, 3.8) is 0 Å². The zero-order valence-corrected chi connectivity index (χ0v) is 37.6.